The van der Waals surface area contributed by atoms with Crippen LogP contribution in [-0.4, -0.2) is 4.57 Å². The van der Waals surface area contributed by atoms with E-state index in [0.29, 0.717) is 0 Å². The summed E-state index contributed by atoms with van der Waals surface area (Å²) in [7, 11) is 0. The summed E-state index contributed by atoms with van der Waals surface area (Å²) >= 11 is 0. The van der Waals surface area contributed by atoms with Crippen molar-refractivity contribution in [2.24, 2.45) is 0 Å². The fraction of sp³-hybridized carbons (Fsp3) is 0.0769. The van der Waals surface area contributed by atoms with Crippen molar-refractivity contribution in [3.8, 4) is 27.9 Å². The number of hydrogen-bond acceptors (Lipinski definition) is 1. The molecule has 0 aliphatic heterocycles. The highest BCUT2D eigenvalue weighted by Crippen LogP contribution is 2.53. The molecule has 194 valence electrons. The van der Waals surface area contributed by atoms with Crippen LogP contribution in [0, 0.1) is 0 Å². The molecule has 0 radical (unpaired) electrons. The van der Waals surface area contributed by atoms with Crippen LogP contribution in [0.5, 0.6) is 0 Å². The van der Waals surface area contributed by atoms with Crippen LogP contribution >= 0.6 is 0 Å². The van der Waals surface area contributed by atoms with Gasteiger partial charge in [-0.25, -0.2) is 0 Å². The van der Waals surface area contributed by atoms with Crippen LogP contribution in [-0.2, 0) is 5.41 Å². The van der Waals surface area contributed by atoms with Crippen molar-refractivity contribution in [3.05, 3.63) is 139 Å². The minimum atomic E-state index is -0.180. The van der Waals surface area contributed by atoms with Crippen LogP contribution in [0.1, 0.15) is 25.0 Å². The predicted molar refractivity (Wildman–Crippen MR) is 171 cm³/mol. The highest BCUT2D eigenvalue weighted by molar-refractivity contribution is 6.12. The zero-order chi connectivity index (χ0) is 27.3. The molecular formula is C39H27NO. The van der Waals surface area contributed by atoms with E-state index in [4.69, 9.17) is 4.42 Å². The van der Waals surface area contributed by atoms with Crippen LogP contribution in [0.25, 0.3) is 71.7 Å². The maximum absolute atomic E-state index is 6.29. The Labute approximate surface area is 238 Å². The van der Waals surface area contributed by atoms with Crippen LogP contribution in [0.4, 0.5) is 0 Å². The third kappa shape index (κ3) is 3.02. The van der Waals surface area contributed by atoms with Crippen molar-refractivity contribution in [1.29, 1.82) is 0 Å². The van der Waals surface area contributed by atoms with Crippen molar-refractivity contribution in [2.75, 3.05) is 0 Å². The first kappa shape index (κ1) is 22.7. The molecule has 0 fully saturated rings. The fourth-order valence-electron chi connectivity index (χ4n) is 7.31. The van der Waals surface area contributed by atoms with Gasteiger partial charge in [0.1, 0.15) is 11.2 Å². The molecule has 2 nitrogen and oxygen atoms in total. The first-order valence-corrected chi connectivity index (χ1v) is 14.3. The molecule has 6 aromatic carbocycles. The second kappa shape index (κ2) is 7.99. The highest BCUT2D eigenvalue weighted by Gasteiger charge is 2.38. The number of aromatic nitrogens is 1. The summed E-state index contributed by atoms with van der Waals surface area (Å²) in [6.07, 6.45) is 0. The van der Waals surface area contributed by atoms with Crippen molar-refractivity contribution in [2.45, 2.75) is 19.3 Å². The number of nitrogens with zero attached hydrogens (tertiary/aromatic N) is 1. The largest absolute Gasteiger partial charge is 0.456 e. The van der Waals surface area contributed by atoms with Crippen LogP contribution in [0.15, 0.2) is 132 Å². The third-order valence-corrected chi connectivity index (χ3v) is 9.17. The number of fused-ring (bicyclic) bond motifs is 10. The number of benzene rings is 6. The van der Waals surface area contributed by atoms with E-state index < -0.39 is 0 Å². The van der Waals surface area contributed by atoms with E-state index in [-0.39, 0.29) is 5.41 Å². The summed E-state index contributed by atoms with van der Waals surface area (Å²) in [6.45, 7) is 4.73. The molecular weight excluding hydrogens is 498 g/mol. The Morgan fingerprint density at radius 3 is 2.15 bits per heavy atom. The van der Waals surface area contributed by atoms with E-state index >= 15 is 0 Å². The van der Waals surface area contributed by atoms with E-state index in [1.807, 2.05) is 6.07 Å². The van der Waals surface area contributed by atoms with Crippen molar-refractivity contribution >= 4 is 43.7 Å². The predicted octanol–water partition coefficient (Wildman–Crippen LogP) is 10.7. The topological polar surface area (TPSA) is 18.1 Å². The Hall–Kier alpha value is -5.08. The monoisotopic (exact) mass is 525 g/mol. The van der Waals surface area contributed by atoms with Gasteiger partial charge in [-0.3, -0.25) is 0 Å². The average Bonchev–Trinajstić information content (AvgIpc) is 3.63. The fourth-order valence-corrected chi connectivity index (χ4v) is 7.31. The van der Waals surface area contributed by atoms with Gasteiger partial charge in [0, 0.05) is 32.6 Å². The second-order valence-corrected chi connectivity index (χ2v) is 11.8. The van der Waals surface area contributed by atoms with Crippen molar-refractivity contribution < 1.29 is 4.42 Å². The molecule has 1 aliphatic rings. The Morgan fingerprint density at radius 2 is 1.27 bits per heavy atom. The highest BCUT2D eigenvalue weighted by atomic mass is 16.3. The average molecular weight is 526 g/mol. The van der Waals surface area contributed by atoms with Gasteiger partial charge >= 0.3 is 0 Å². The van der Waals surface area contributed by atoms with Gasteiger partial charge in [-0.2, -0.15) is 0 Å². The van der Waals surface area contributed by atoms with Crippen molar-refractivity contribution in [3.63, 3.8) is 0 Å². The SMILES string of the molecule is CC1(C)c2cc(-n3c4ccccc4c4ccc(-c5ccccc5)cc43)ccc2-c2ccc3oc4ccccc4c3c21. The molecule has 0 amide bonds. The van der Waals surface area contributed by atoms with E-state index in [0.717, 1.165) is 11.2 Å². The number of rotatable bonds is 2. The molecule has 0 saturated heterocycles. The summed E-state index contributed by atoms with van der Waals surface area (Å²) in [5.41, 5.74) is 13.2. The first-order valence-electron chi connectivity index (χ1n) is 14.3. The number of hydrogen-bond donors (Lipinski definition) is 0. The molecule has 8 aromatic rings. The Balaban J connectivity index is 1.30. The van der Waals surface area contributed by atoms with Gasteiger partial charge in [0.2, 0.25) is 0 Å². The summed E-state index contributed by atoms with van der Waals surface area (Å²) in [4.78, 5) is 0. The van der Waals surface area contributed by atoms with E-state index in [9.17, 15) is 0 Å². The normalized spacial score (nSPS) is 13.8. The minimum Gasteiger partial charge on any atom is -0.456 e. The maximum Gasteiger partial charge on any atom is 0.135 e. The lowest BCUT2D eigenvalue weighted by atomic mass is 9.80. The maximum atomic E-state index is 6.29. The molecule has 41 heavy (non-hydrogen) atoms. The lowest BCUT2D eigenvalue weighted by molar-refractivity contribution is 0.656. The Kier molecular flexibility index (Phi) is 4.42. The lowest BCUT2D eigenvalue weighted by Crippen LogP contribution is -2.15. The Morgan fingerprint density at radius 1 is 0.537 bits per heavy atom. The number of para-hydroxylation sites is 2. The van der Waals surface area contributed by atoms with Gasteiger partial charge < -0.3 is 8.98 Å². The van der Waals surface area contributed by atoms with Gasteiger partial charge in [0.15, 0.2) is 0 Å². The third-order valence-electron chi connectivity index (χ3n) is 9.17. The molecule has 0 spiro atoms. The quantitative estimate of drug-likeness (QED) is 0.219. The summed E-state index contributed by atoms with van der Waals surface area (Å²) in [5, 5.41) is 4.98. The van der Waals surface area contributed by atoms with Crippen LogP contribution in [0.3, 0.4) is 0 Å². The summed E-state index contributed by atoms with van der Waals surface area (Å²) in [5.74, 6) is 0. The summed E-state index contributed by atoms with van der Waals surface area (Å²) in [6, 6.07) is 46.1. The van der Waals surface area contributed by atoms with Crippen LogP contribution < -0.4 is 0 Å². The molecule has 9 rings (SSSR count). The van der Waals surface area contributed by atoms with Crippen molar-refractivity contribution in [1.82, 2.24) is 4.57 Å². The van der Waals surface area contributed by atoms with Gasteiger partial charge in [0.25, 0.3) is 0 Å². The van der Waals surface area contributed by atoms with Gasteiger partial charge in [-0.05, 0) is 69.8 Å². The van der Waals surface area contributed by atoms with Gasteiger partial charge in [-0.15, -0.1) is 0 Å². The zero-order valence-electron chi connectivity index (χ0n) is 23.0. The molecule has 2 heterocycles. The standard InChI is InChI=1S/C39H27NO/c1-39(2)32-23-26(17-19-27(32)30-20-21-36-37(38(30)39)31-13-7-9-15-35(31)41-36)40-33-14-8-6-12-28(33)29-18-16-25(22-34(29)40)24-10-4-3-5-11-24/h3-23H,1-2H3. The van der Waals surface area contributed by atoms with Gasteiger partial charge in [-0.1, -0.05) is 105 Å². The molecule has 0 atom stereocenters. The summed E-state index contributed by atoms with van der Waals surface area (Å²) < 4.78 is 8.74. The molecule has 0 bridgehead atoms. The second-order valence-electron chi connectivity index (χ2n) is 11.8. The number of furan rings is 1. The van der Waals surface area contributed by atoms with Crippen LogP contribution in [0.2, 0.25) is 0 Å². The minimum absolute atomic E-state index is 0.180. The molecule has 0 saturated carbocycles. The van der Waals surface area contributed by atoms with E-state index in [2.05, 4.69) is 140 Å². The van der Waals surface area contributed by atoms with E-state index in [1.165, 1.54) is 71.6 Å². The molecule has 0 unspecified atom stereocenters. The van der Waals surface area contributed by atoms with E-state index in [1.54, 1.807) is 0 Å². The zero-order valence-corrected chi connectivity index (χ0v) is 23.0. The lowest BCUT2D eigenvalue weighted by Gasteiger charge is -2.23. The first-order chi connectivity index (χ1) is 20.1. The van der Waals surface area contributed by atoms with Gasteiger partial charge in [0.05, 0.1) is 11.0 Å². The molecule has 0 N–H and O–H groups in total. The molecule has 2 aromatic heterocycles. The Bertz CT molecular complexity index is 2330. The smallest absolute Gasteiger partial charge is 0.135 e. The molecule has 1 aliphatic carbocycles. The molecule has 2 heteroatoms.